The molecule has 0 bridgehead atoms. The second-order valence-electron chi connectivity index (χ2n) is 6.48. The van der Waals surface area contributed by atoms with Gasteiger partial charge in [-0.3, -0.25) is 4.79 Å². The molecule has 0 spiro atoms. The summed E-state index contributed by atoms with van der Waals surface area (Å²) < 4.78 is 5.69. The number of aromatic nitrogens is 1. The van der Waals surface area contributed by atoms with Gasteiger partial charge in [-0.2, -0.15) is 0 Å². The first-order chi connectivity index (χ1) is 12.3. The molecule has 0 saturated heterocycles. The van der Waals surface area contributed by atoms with Crippen LogP contribution in [0.3, 0.4) is 0 Å². The molecule has 0 fully saturated rings. The summed E-state index contributed by atoms with van der Waals surface area (Å²) >= 11 is 13.6. The Morgan fingerprint density at radius 2 is 2.04 bits per heavy atom. The molecule has 1 N–H and O–H groups in total. The molecule has 3 rings (SSSR count). The Balaban J connectivity index is 1.73. The maximum Gasteiger partial charge on any atom is 0.236 e. The number of thiophene rings is 1. The number of benzene rings is 1. The number of hydrogen-bond acceptors (Lipinski definition) is 4. The highest BCUT2D eigenvalue weighted by Crippen LogP contribution is 2.29. The molecule has 0 atom stereocenters. The van der Waals surface area contributed by atoms with Crippen LogP contribution in [-0.2, 0) is 16.8 Å². The molecule has 3 aromatic rings. The van der Waals surface area contributed by atoms with Crippen molar-refractivity contribution in [3.63, 3.8) is 0 Å². The molecule has 7 heteroatoms. The topological polar surface area (TPSA) is 55.1 Å². The van der Waals surface area contributed by atoms with E-state index in [0.717, 1.165) is 10.4 Å². The van der Waals surface area contributed by atoms with Crippen molar-refractivity contribution in [2.24, 2.45) is 0 Å². The molecule has 1 aromatic carbocycles. The second-order valence-corrected chi connectivity index (χ2v) is 8.24. The zero-order valence-electron chi connectivity index (χ0n) is 14.6. The lowest BCUT2D eigenvalue weighted by Crippen LogP contribution is -2.41. The minimum atomic E-state index is -0.598. The highest BCUT2D eigenvalue weighted by molar-refractivity contribution is 7.13. The van der Waals surface area contributed by atoms with Crippen molar-refractivity contribution in [2.45, 2.75) is 32.7 Å². The van der Waals surface area contributed by atoms with E-state index in [1.165, 1.54) is 0 Å². The van der Waals surface area contributed by atoms with Crippen LogP contribution in [0.15, 0.2) is 40.1 Å². The van der Waals surface area contributed by atoms with E-state index in [1.807, 2.05) is 44.4 Å². The predicted octanol–water partition coefficient (Wildman–Crippen LogP) is 5.61. The molecule has 4 nitrogen and oxygen atoms in total. The largest absolute Gasteiger partial charge is 0.440 e. The van der Waals surface area contributed by atoms with Crippen molar-refractivity contribution in [1.82, 2.24) is 10.3 Å². The fraction of sp³-hybridized carbons (Fsp3) is 0.263. The lowest BCUT2D eigenvalue weighted by atomic mass is 9.94. The van der Waals surface area contributed by atoms with Gasteiger partial charge in [0.05, 0.1) is 32.6 Å². The Morgan fingerprint density at radius 3 is 2.69 bits per heavy atom. The van der Waals surface area contributed by atoms with E-state index in [1.54, 1.807) is 23.5 Å². The monoisotopic (exact) mass is 408 g/mol. The molecule has 0 saturated carbocycles. The Labute approximate surface area is 166 Å². The molecular formula is C19H18Cl2N2O2S. The summed E-state index contributed by atoms with van der Waals surface area (Å²) in [5.74, 6) is 1.05. The van der Waals surface area contributed by atoms with Crippen molar-refractivity contribution < 1.29 is 9.21 Å². The predicted molar refractivity (Wildman–Crippen MR) is 106 cm³/mol. The molecule has 0 radical (unpaired) electrons. The van der Waals surface area contributed by atoms with E-state index in [0.29, 0.717) is 27.4 Å². The number of rotatable bonds is 5. The van der Waals surface area contributed by atoms with Crippen molar-refractivity contribution in [1.29, 1.82) is 0 Å². The third-order valence-electron chi connectivity index (χ3n) is 4.05. The Hall–Kier alpha value is -1.82. The van der Waals surface area contributed by atoms with Crippen LogP contribution in [0.25, 0.3) is 10.8 Å². The van der Waals surface area contributed by atoms with Gasteiger partial charge in [0, 0.05) is 0 Å². The Bertz CT molecular complexity index is 933. The van der Waals surface area contributed by atoms with Crippen LogP contribution in [0, 0.1) is 6.92 Å². The van der Waals surface area contributed by atoms with Crippen molar-refractivity contribution in [2.75, 3.05) is 0 Å². The highest BCUT2D eigenvalue weighted by Gasteiger charge is 2.25. The van der Waals surface area contributed by atoms with Gasteiger partial charge < -0.3 is 9.73 Å². The van der Waals surface area contributed by atoms with Crippen molar-refractivity contribution >= 4 is 40.4 Å². The average Bonchev–Trinajstić information content (AvgIpc) is 3.20. The van der Waals surface area contributed by atoms with E-state index < -0.39 is 5.54 Å². The zero-order valence-corrected chi connectivity index (χ0v) is 16.9. The first-order valence-electron chi connectivity index (χ1n) is 8.03. The summed E-state index contributed by atoms with van der Waals surface area (Å²) in [5, 5.41) is 5.92. The fourth-order valence-corrected chi connectivity index (χ4v) is 3.55. The lowest BCUT2D eigenvalue weighted by Gasteiger charge is -2.27. The number of carbonyl (C=O) groups excluding carboxylic acids is 1. The third-order valence-corrected chi connectivity index (χ3v) is 5.64. The minimum Gasteiger partial charge on any atom is -0.440 e. The third kappa shape index (κ3) is 4.11. The van der Waals surface area contributed by atoms with E-state index >= 15 is 0 Å². The SMILES string of the molecule is Cc1oc(-c2cccs2)nc1CC(=O)NC(C)(C)c1ccc(Cl)c(Cl)c1. The summed E-state index contributed by atoms with van der Waals surface area (Å²) in [7, 11) is 0. The van der Waals surface area contributed by atoms with Gasteiger partial charge >= 0.3 is 0 Å². The maximum absolute atomic E-state index is 12.6. The first-order valence-corrected chi connectivity index (χ1v) is 9.66. The van der Waals surface area contributed by atoms with E-state index in [-0.39, 0.29) is 12.3 Å². The quantitative estimate of drug-likeness (QED) is 0.596. The molecule has 1 amide bonds. The highest BCUT2D eigenvalue weighted by atomic mass is 35.5. The number of nitrogens with one attached hydrogen (secondary N) is 1. The normalized spacial score (nSPS) is 11.6. The van der Waals surface area contributed by atoms with Crippen LogP contribution in [0.2, 0.25) is 10.0 Å². The lowest BCUT2D eigenvalue weighted by molar-refractivity contribution is -0.122. The summed E-state index contributed by atoms with van der Waals surface area (Å²) in [5.41, 5.74) is 0.909. The zero-order chi connectivity index (χ0) is 18.9. The summed E-state index contributed by atoms with van der Waals surface area (Å²) in [6.07, 6.45) is 0.144. The number of amides is 1. The number of nitrogens with zero attached hydrogens (tertiary/aromatic N) is 1. The van der Waals surface area contributed by atoms with Crippen molar-refractivity contribution in [3.05, 3.63) is 62.8 Å². The van der Waals surface area contributed by atoms with Gasteiger partial charge in [-0.15, -0.1) is 11.3 Å². The molecular weight excluding hydrogens is 391 g/mol. The van der Waals surface area contributed by atoms with Gasteiger partial charge in [0.1, 0.15) is 5.76 Å². The summed E-state index contributed by atoms with van der Waals surface area (Å²) in [4.78, 5) is 18.0. The molecule has 2 aromatic heterocycles. The number of carbonyl (C=O) groups is 1. The second kappa shape index (κ2) is 7.43. The summed E-state index contributed by atoms with van der Waals surface area (Å²) in [6.45, 7) is 5.64. The molecule has 0 aliphatic carbocycles. The fourth-order valence-electron chi connectivity index (χ4n) is 2.60. The smallest absolute Gasteiger partial charge is 0.236 e. The molecule has 26 heavy (non-hydrogen) atoms. The van der Waals surface area contributed by atoms with Gasteiger partial charge in [0.25, 0.3) is 0 Å². The molecule has 0 aliphatic rings. The van der Waals surface area contributed by atoms with Crippen LogP contribution in [0.5, 0.6) is 0 Å². The van der Waals surface area contributed by atoms with E-state index in [9.17, 15) is 4.79 Å². The van der Waals surface area contributed by atoms with Crippen LogP contribution in [0.1, 0.15) is 30.9 Å². The van der Waals surface area contributed by atoms with Crippen LogP contribution in [0.4, 0.5) is 0 Å². The number of halogens is 2. The summed E-state index contributed by atoms with van der Waals surface area (Å²) in [6, 6.07) is 9.21. The minimum absolute atomic E-state index is 0.143. The van der Waals surface area contributed by atoms with Gasteiger partial charge in [-0.25, -0.2) is 4.98 Å². The standard InChI is InChI=1S/C19H18Cl2N2O2S/c1-11-15(22-18(25-11)16-5-4-8-26-16)10-17(24)23-19(2,3)12-6-7-13(20)14(21)9-12/h4-9H,10H2,1-3H3,(H,23,24). The van der Waals surface area contributed by atoms with Gasteiger partial charge in [-0.1, -0.05) is 35.3 Å². The Morgan fingerprint density at radius 1 is 1.27 bits per heavy atom. The van der Waals surface area contributed by atoms with Crippen LogP contribution < -0.4 is 5.32 Å². The Kier molecular flexibility index (Phi) is 5.42. The van der Waals surface area contributed by atoms with Gasteiger partial charge in [0.15, 0.2) is 0 Å². The average molecular weight is 409 g/mol. The van der Waals surface area contributed by atoms with E-state index in [2.05, 4.69) is 10.3 Å². The molecule has 0 unspecified atom stereocenters. The van der Waals surface area contributed by atoms with Crippen molar-refractivity contribution in [3.8, 4) is 10.8 Å². The molecule has 0 aliphatic heterocycles. The number of oxazole rings is 1. The van der Waals surface area contributed by atoms with Gasteiger partial charge in [0.2, 0.25) is 11.8 Å². The van der Waals surface area contributed by atoms with E-state index in [4.69, 9.17) is 27.6 Å². The molecule has 136 valence electrons. The van der Waals surface area contributed by atoms with Crippen LogP contribution >= 0.6 is 34.5 Å². The van der Waals surface area contributed by atoms with Gasteiger partial charge in [-0.05, 0) is 49.9 Å². The van der Waals surface area contributed by atoms with Crippen LogP contribution in [-0.4, -0.2) is 10.9 Å². The maximum atomic E-state index is 12.6. The molecule has 2 heterocycles. The number of aryl methyl sites for hydroxylation is 1. The number of hydrogen-bond donors (Lipinski definition) is 1. The first kappa shape index (κ1) is 19.0.